The van der Waals surface area contributed by atoms with Gasteiger partial charge in [0.1, 0.15) is 11.6 Å². The molecule has 2 saturated heterocycles. The van der Waals surface area contributed by atoms with Gasteiger partial charge in [0.15, 0.2) is 5.82 Å². The second-order valence-electron chi connectivity index (χ2n) is 10.8. The number of imidazole rings is 1. The Morgan fingerprint density at radius 1 is 0.923 bits per heavy atom. The van der Waals surface area contributed by atoms with E-state index in [0.717, 1.165) is 51.3 Å². The van der Waals surface area contributed by atoms with Crippen LogP contribution in [0.3, 0.4) is 0 Å². The van der Waals surface area contributed by atoms with Crippen molar-refractivity contribution in [1.29, 1.82) is 0 Å². The van der Waals surface area contributed by atoms with Gasteiger partial charge in [-0.1, -0.05) is 12.1 Å². The number of rotatable bonds is 7. The highest BCUT2D eigenvalue weighted by molar-refractivity contribution is 5.81. The molecule has 1 aromatic carbocycles. The maximum Gasteiger partial charge on any atom is 0.296 e. The third-order valence-corrected chi connectivity index (χ3v) is 8.30. The first kappa shape index (κ1) is 26.3. The summed E-state index contributed by atoms with van der Waals surface area (Å²) in [5.41, 5.74) is 2.02. The molecule has 0 spiro atoms. The van der Waals surface area contributed by atoms with Crippen molar-refractivity contribution in [1.82, 2.24) is 24.4 Å². The molecule has 1 aliphatic carbocycles. The molecule has 4 heterocycles. The quantitative estimate of drug-likeness (QED) is 0.477. The molecule has 0 amide bonds. The molecular weight excluding hydrogens is 504 g/mol. The zero-order valence-electron chi connectivity index (χ0n) is 22.5. The van der Waals surface area contributed by atoms with Crippen molar-refractivity contribution in [3.63, 3.8) is 0 Å². The van der Waals surface area contributed by atoms with Crippen molar-refractivity contribution >= 4 is 22.8 Å². The topological polar surface area (TPSA) is 80.6 Å². The van der Waals surface area contributed by atoms with Crippen molar-refractivity contribution in [3.05, 3.63) is 35.7 Å². The van der Waals surface area contributed by atoms with Crippen molar-refractivity contribution < 1.29 is 18.3 Å². The maximum absolute atomic E-state index is 14.2. The Balaban J connectivity index is 1.26. The number of anilines is 2. The molecule has 39 heavy (non-hydrogen) atoms. The molecule has 6 rings (SSSR count). The van der Waals surface area contributed by atoms with E-state index < -0.39 is 6.43 Å². The standard InChI is InChI=1S/C28H37F2N7O2/c1-19-3-2-4-22-25(19)34-27(26(29)30)37(22)24-17-23(36-11-15-39-16-12-36)32-28(33-24)31-18-20-5-7-21(8-6-20)35-9-13-38-14-10-35/h2-4,17,20-21,26H,5-16,18H2,1H3,(H,31,32,33)/t20-,21-. The number of hydrogen-bond donors (Lipinski definition) is 1. The number of nitrogens with zero attached hydrogens (tertiary/aromatic N) is 6. The lowest BCUT2D eigenvalue weighted by atomic mass is 9.85. The number of hydrogen-bond acceptors (Lipinski definition) is 8. The second-order valence-corrected chi connectivity index (χ2v) is 10.8. The molecule has 3 aliphatic rings. The van der Waals surface area contributed by atoms with E-state index in [4.69, 9.17) is 19.4 Å². The summed E-state index contributed by atoms with van der Waals surface area (Å²) in [4.78, 5) is 18.6. The van der Waals surface area contributed by atoms with Gasteiger partial charge in [0.25, 0.3) is 6.43 Å². The van der Waals surface area contributed by atoms with Crippen LogP contribution in [0.4, 0.5) is 20.5 Å². The highest BCUT2D eigenvalue weighted by Crippen LogP contribution is 2.31. The van der Waals surface area contributed by atoms with Gasteiger partial charge in [-0.3, -0.25) is 9.47 Å². The first-order chi connectivity index (χ1) is 19.1. The first-order valence-electron chi connectivity index (χ1n) is 14.1. The molecule has 0 radical (unpaired) electrons. The van der Waals surface area contributed by atoms with Gasteiger partial charge < -0.3 is 19.7 Å². The molecule has 0 unspecified atom stereocenters. The molecule has 210 valence electrons. The van der Waals surface area contributed by atoms with Gasteiger partial charge in [-0.15, -0.1) is 0 Å². The van der Waals surface area contributed by atoms with Crippen molar-refractivity contribution in [2.24, 2.45) is 5.92 Å². The van der Waals surface area contributed by atoms with Crippen LogP contribution in [0.1, 0.15) is 43.5 Å². The molecule has 1 N–H and O–H groups in total. The number of morpholine rings is 2. The third-order valence-electron chi connectivity index (χ3n) is 8.30. The van der Waals surface area contributed by atoms with Gasteiger partial charge in [0, 0.05) is 44.8 Å². The Kier molecular flexibility index (Phi) is 7.90. The van der Waals surface area contributed by atoms with Gasteiger partial charge in [-0.05, 0) is 50.2 Å². The largest absolute Gasteiger partial charge is 0.379 e. The molecular formula is C28H37F2N7O2. The summed E-state index contributed by atoms with van der Waals surface area (Å²) in [6, 6.07) is 8.00. The minimum absolute atomic E-state index is 0.307. The van der Waals surface area contributed by atoms with E-state index in [1.54, 1.807) is 6.07 Å². The number of benzene rings is 1. The number of nitrogens with one attached hydrogen (secondary N) is 1. The number of aromatic nitrogens is 4. The van der Waals surface area contributed by atoms with Crippen molar-refractivity contribution in [2.45, 2.75) is 45.1 Å². The van der Waals surface area contributed by atoms with Gasteiger partial charge in [-0.2, -0.15) is 9.97 Å². The van der Waals surface area contributed by atoms with Crippen LogP contribution < -0.4 is 10.2 Å². The number of fused-ring (bicyclic) bond motifs is 1. The smallest absolute Gasteiger partial charge is 0.296 e. The molecule has 11 heteroatoms. The SMILES string of the molecule is Cc1cccc2c1nc(C(F)F)n2-c1cc(N2CCOCC2)nc(NC[C@H]2CC[C@H](N3CCOCC3)CC2)n1. The molecule has 0 bridgehead atoms. The van der Waals surface area contributed by atoms with Crippen LogP contribution in [0.25, 0.3) is 16.9 Å². The summed E-state index contributed by atoms with van der Waals surface area (Å²) < 4.78 is 41.0. The monoisotopic (exact) mass is 541 g/mol. The number of alkyl halides is 2. The summed E-state index contributed by atoms with van der Waals surface area (Å²) in [6.45, 7) is 8.94. The van der Waals surface area contributed by atoms with Crippen molar-refractivity contribution in [2.75, 3.05) is 69.4 Å². The van der Waals surface area contributed by atoms with E-state index in [1.165, 1.54) is 17.4 Å². The molecule has 1 saturated carbocycles. The van der Waals surface area contributed by atoms with Gasteiger partial charge in [-0.25, -0.2) is 13.8 Å². The molecule has 0 atom stereocenters. The predicted molar refractivity (Wildman–Crippen MR) is 146 cm³/mol. The summed E-state index contributed by atoms with van der Waals surface area (Å²) in [7, 11) is 0. The second kappa shape index (κ2) is 11.7. The van der Waals surface area contributed by atoms with E-state index >= 15 is 0 Å². The predicted octanol–water partition coefficient (Wildman–Crippen LogP) is 4.20. The summed E-state index contributed by atoms with van der Waals surface area (Å²) in [5, 5.41) is 3.46. The van der Waals surface area contributed by atoms with Crippen LogP contribution in [0.15, 0.2) is 24.3 Å². The maximum atomic E-state index is 14.2. The van der Waals surface area contributed by atoms with Gasteiger partial charge >= 0.3 is 0 Å². The number of ether oxygens (including phenoxy) is 2. The molecule has 9 nitrogen and oxygen atoms in total. The normalized spacial score (nSPS) is 23.0. The van der Waals surface area contributed by atoms with E-state index in [1.807, 2.05) is 25.1 Å². The summed E-state index contributed by atoms with van der Waals surface area (Å²) in [5.74, 6) is 1.78. The average molecular weight is 542 g/mol. The Morgan fingerprint density at radius 2 is 1.62 bits per heavy atom. The van der Waals surface area contributed by atoms with E-state index in [0.29, 0.717) is 66.9 Å². The van der Waals surface area contributed by atoms with Crippen LogP contribution in [0.2, 0.25) is 0 Å². The number of halogens is 2. The fourth-order valence-electron chi connectivity index (χ4n) is 6.11. The Morgan fingerprint density at radius 3 is 2.33 bits per heavy atom. The number of aryl methyl sites for hydroxylation is 1. The van der Waals surface area contributed by atoms with Gasteiger partial charge in [0.2, 0.25) is 5.95 Å². The zero-order chi connectivity index (χ0) is 26.8. The Hall–Kier alpha value is -2.89. The third kappa shape index (κ3) is 5.71. The van der Waals surface area contributed by atoms with Crippen LogP contribution in [0, 0.1) is 12.8 Å². The highest BCUT2D eigenvalue weighted by atomic mass is 19.3. The molecule has 2 aromatic heterocycles. The lowest BCUT2D eigenvalue weighted by molar-refractivity contribution is 0.00539. The Bertz CT molecular complexity index is 1270. The van der Waals surface area contributed by atoms with Crippen LogP contribution in [0.5, 0.6) is 0 Å². The highest BCUT2D eigenvalue weighted by Gasteiger charge is 2.28. The van der Waals surface area contributed by atoms with E-state index in [-0.39, 0.29) is 5.82 Å². The summed E-state index contributed by atoms with van der Waals surface area (Å²) in [6.07, 6.45) is 1.92. The fraction of sp³-hybridized carbons (Fsp3) is 0.607. The molecule has 2 aliphatic heterocycles. The molecule has 3 aromatic rings. The van der Waals surface area contributed by atoms with E-state index in [2.05, 4.69) is 20.1 Å². The lowest BCUT2D eigenvalue weighted by Crippen LogP contribution is -2.45. The van der Waals surface area contributed by atoms with Crippen LogP contribution >= 0.6 is 0 Å². The average Bonchev–Trinajstić information content (AvgIpc) is 3.39. The minimum atomic E-state index is -2.74. The van der Waals surface area contributed by atoms with Gasteiger partial charge in [0.05, 0.1) is 37.5 Å². The van der Waals surface area contributed by atoms with Crippen molar-refractivity contribution in [3.8, 4) is 5.82 Å². The van der Waals surface area contributed by atoms with Crippen LogP contribution in [-0.4, -0.2) is 89.6 Å². The number of para-hydroxylation sites is 1. The lowest BCUT2D eigenvalue weighted by Gasteiger charge is -2.38. The minimum Gasteiger partial charge on any atom is -0.379 e. The fourth-order valence-corrected chi connectivity index (χ4v) is 6.11. The van der Waals surface area contributed by atoms with Crippen LogP contribution in [-0.2, 0) is 9.47 Å². The van der Waals surface area contributed by atoms with E-state index in [9.17, 15) is 8.78 Å². The summed E-state index contributed by atoms with van der Waals surface area (Å²) >= 11 is 0. The first-order valence-corrected chi connectivity index (χ1v) is 14.1. The zero-order valence-corrected chi connectivity index (χ0v) is 22.5. The molecule has 3 fully saturated rings. The Labute approximate surface area is 227 Å².